The van der Waals surface area contributed by atoms with Gasteiger partial charge in [-0.05, 0) is 42.7 Å². The molecule has 4 rings (SSSR count). The number of urea groups is 1. The molecule has 0 aliphatic carbocycles. The molecule has 33 heavy (non-hydrogen) atoms. The van der Waals surface area contributed by atoms with E-state index in [4.69, 9.17) is 9.47 Å². The number of carbonyl (C=O) groups is 2. The molecule has 0 saturated heterocycles. The van der Waals surface area contributed by atoms with Crippen molar-refractivity contribution >= 4 is 12.0 Å². The maximum Gasteiger partial charge on any atom is 0.338 e. The van der Waals surface area contributed by atoms with Crippen LogP contribution in [-0.4, -0.2) is 12.0 Å². The molecule has 0 bridgehead atoms. The normalized spacial score (nSPS) is 15.5. The van der Waals surface area contributed by atoms with E-state index in [0.717, 1.165) is 16.7 Å². The molecular formula is C27H26N2O4. The molecular weight excluding hydrogens is 416 g/mol. The number of esters is 1. The van der Waals surface area contributed by atoms with E-state index in [0.29, 0.717) is 23.6 Å². The van der Waals surface area contributed by atoms with Crippen LogP contribution in [0.5, 0.6) is 5.75 Å². The van der Waals surface area contributed by atoms with Gasteiger partial charge in [0.15, 0.2) is 0 Å². The SMILES string of the molecule is CC1=C(C(=O)OCc2ccccc2)C(c2ccc(OCc3ccc(C)cc3)cc2)NC(=O)N1. The summed E-state index contributed by atoms with van der Waals surface area (Å²) in [5, 5.41) is 5.49. The van der Waals surface area contributed by atoms with Gasteiger partial charge in [-0.2, -0.15) is 0 Å². The minimum absolute atomic E-state index is 0.156. The highest BCUT2D eigenvalue weighted by Gasteiger charge is 2.32. The van der Waals surface area contributed by atoms with Crippen molar-refractivity contribution in [1.29, 1.82) is 0 Å². The van der Waals surface area contributed by atoms with E-state index in [2.05, 4.69) is 22.8 Å². The van der Waals surface area contributed by atoms with Crippen LogP contribution in [0.2, 0.25) is 0 Å². The largest absolute Gasteiger partial charge is 0.489 e. The number of benzene rings is 3. The molecule has 1 aliphatic heterocycles. The highest BCUT2D eigenvalue weighted by Crippen LogP contribution is 2.29. The first-order valence-electron chi connectivity index (χ1n) is 10.8. The van der Waals surface area contributed by atoms with Crippen molar-refractivity contribution in [2.24, 2.45) is 0 Å². The van der Waals surface area contributed by atoms with E-state index in [1.807, 2.05) is 73.7 Å². The fourth-order valence-electron chi connectivity index (χ4n) is 3.62. The molecule has 168 valence electrons. The van der Waals surface area contributed by atoms with Crippen LogP contribution in [-0.2, 0) is 22.7 Å². The third-order valence-electron chi connectivity index (χ3n) is 5.44. The second-order valence-electron chi connectivity index (χ2n) is 7.98. The lowest BCUT2D eigenvalue weighted by molar-refractivity contribution is -0.140. The first kappa shape index (κ1) is 22.1. The molecule has 3 aromatic rings. The molecule has 0 radical (unpaired) electrons. The summed E-state index contributed by atoms with van der Waals surface area (Å²) >= 11 is 0. The van der Waals surface area contributed by atoms with Crippen LogP contribution in [0.1, 0.15) is 35.2 Å². The Morgan fingerprint density at radius 1 is 0.848 bits per heavy atom. The summed E-state index contributed by atoms with van der Waals surface area (Å²) in [5.41, 5.74) is 4.79. The van der Waals surface area contributed by atoms with Crippen LogP contribution < -0.4 is 15.4 Å². The summed E-state index contributed by atoms with van der Waals surface area (Å²) in [7, 11) is 0. The number of hydrogen-bond acceptors (Lipinski definition) is 4. The Hall–Kier alpha value is -4.06. The zero-order valence-corrected chi connectivity index (χ0v) is 18.6. The second kappa shape index (κ2) is 10.0. The lowest BCUT2D eigenvalue weighted by atomic mass is 9.95. The molecule has 1 unspecified atom stereocenters. The van der Waals surface area contributed by atoms with E-state index in [-0.39, 0.29) is 12.6 Å². The number of rotatable bonds is 7. The Kier molecular flexibility index (Phi) is 6.74. The summed E-state index contributed by atoms with van der Waals surface area (Å²) in [5.74, 6) is 0.224. The lowest BCUT2D eigenvalue weighted by Gasteiger charge is -2.28. The summed E-state index contributed by atoms with van der Waals surface area (Å²) in [4.78, 5) is 25.0. The van der Waals surface area contributed by atoms with Crippen molar-refractivity contribution in [2.75, 3.05) is 0 Å². The summed E-state index contributed by atoms with van der Waals surface area (Å²) in [6.45, 7) is 4.36. The van der Waals surface area contributed by atoms with Gasteiger partial charge in [0, 0.05) is 5.70 Å². The molecule has 2 N–H and O–H groups in total. The number of allylic oxidation sites excluding steroid dienone is 1. The van der Waals surface area contributed by atoms with Crippen molar-refractivity contribution in [3.05, 3.63) is 112 Å². The quantitative estimate of drug-likeness (QED) is 0.508. The fraction of sp³-hybridized carbons (Fsp3) is 0.185. The first-order valence-corrected chi connectivity index (χ1v) is 10.8. The zero-order chi connectivity index (χ0) is 23.2. The number of ether oxygens (including phenoxy) is 2. The van der Waals surface area contributed by atoms with Gasteiger partial charge in [0.05, 0.1) is 11.6 Å². The van der Waals surface area contributed by atoms with E-state index in [9.17, 15) is 9.59 Å². The van der Waals surface area contributed by atoms with Gasteiger partial charge in [-0.3, -0.25) is 0 Å². The number of amides is 2. The summed E-state index contributed by atoms with van der Waals surface area (Å²) in [6.07, 6.45) is 0. The van der Waals surface area contributed by atoms with Crippen molar-refractivity contribution in [3.63, 3.8) is 0 Å². The molecule has 1 heterocycles. The van der Waals surface area contributed by atoms with E-state index < -0.39 is 12.0 Å². The molecule has 6 heteroatoms. The van der Waals surface area contributed by atoms with Gasteiger partial charge >= 0.3 is 12.0 Å². The molecule has 1 aliphatic rings. The van der Waals surface area contributed by atoms with E-state index >= 15 is 0 Å². The third-order valence-corrected chi connectivity index (χ3v) is 5.44. The third kappa shape index (κ3) is 5.60. The average molecular weight is 443 g/mol. The molecule has 2 amide bonds. The maximum absolute atomic E-state index is 12.9. The smallest absolute Gasteiger partial charge is 0.338 e. The Morgan fingerprint density at radius 3 is 2.21 bits per heavy atom. The molecule has 3 aromatic carbocycles. The molecule has 0 saturated carbocycles. The Labute approximate surface area is 193 Å². The molecule has 0 aromatic heterocycles. The number of hydrogen-bond donors (Lipinski definition) is 2. The maximum atomic E-state index is 12.9. The van der Waals surface area contributed by atoms with Gasteiger partial charge in [-0.15, -0.1) is 0 Å². The molecule has 0 spiro atoms. The van der Waals surface area contributed by atoms with E-state index in [1.165, 1.54) is 5.56 Å². The fourth-order valence-corrected chi connectivity index (χ4v) is 3.62. The standard InChI is InChI=1S/C27H26N2O4/c1-18-8-10-21(11-9-18)16-32-23-14-12-22(13-15-23)25-24(19(2)28-27(31)29-25)26(30)33-17-20-6-4-3-5-7-20/h3-15,25H,16-17H2,1-2H3,(H2,28,29,31). The Morgan fingerprint density at radius 2 is 1.52 bits per heavy atom. The average Bonchev–Trinajstić information content (AvgIpc) is 2.83. The number of nitrogens with one attached hydrogen (secondary N) is 2. The van der Waals surface area contributed by atoms with Gasteiger partial charge in [0.25, 0.3) is 0 Å². The van der Waals surface area contributed by atoms with Crippen molar-refractivity contribution in [2.45, 2.75) is 33.1 Å². The van der Waals surface area contributed by atoms with Gasteiger partial charge in [-0.1, -0.05) is 72.3 Å². The van der Waals surface area contributed by atoms with Crippen molar-refractivity contribution in [3.8, 4) is 5.75 Å². The Balaban J connectivity index is 1.46. The molecule has 6 nitrogen and oxygen atoms in total. The van der Waals surface area contributed by atoms with Crippen LogP contribution in [0.4, 0.5) is 4.79 Å². The van der Waals surface area contributed by atoms with Crippen LogP contribution in [0.3, 0.4) is 0 Å². The topological polar surface area (TPSA) is 76.7 Å². The minimum atomic E-state index is -0.617. The summed E-state index contributed by atoms with van der Waals surface area (Å²) in [6, 6.07) is 24.0. The predicted molar refractivity (Wildman–Crippen MR) is 125 cm³/mol. The van der Waals surface area contributed by atoms with Crippen molar-refractivity contribution in [1.82, 2.24) is 10.6 Å². The van der Waals surface area contributed by atoms with Crippen molar-refractivity contribution < 1.29 is 19.1 Å². The molecule has 0 fully saturated rings. The summed E-state index contributed by atoms with van der Waals surface area (Å²) < 4.78 is 11.4. The Bertz CT molecular complexity index is 1150. The minimum Gasteiger partial charge on any atom is -0.489 e. The predicted octanol–water partition coefficient (Wildman–Crippen LogP) is 4.95. The zero-order valence-electron chi connectivity index (χ0n) is 18.6. The number of aryl methyl sites for hydroxylation is 1. The van der Waals surface area contributed by atoms with E-state index in [1.54, 1.807) is 6.92 Å². The van der Waals surface area contributed by atoms with Gasteiger partial charge in [0.1, 0.15) is 19.0 Å². The second-order valence-corrected chi connectivity index (χ2v) is 7.98. The van der Waals surface area contributed by atoms with Gasteiger partial charge in [0.2, 0.25) is 0 Å². The highest BCUT2D eigenvalue weighted by atomic mass is 16.5. The highest BCUT2D eigenvalue weighted by molar-refractivity contribution is 5.95. The first-order chi connectivity index (χ1) is 16.0. The monoisotopic (exact) mass is 442 g/mol. The van der Waals surface area contributed by atoms with Gasteiger partial charge in [-0.25, -0.2) is 9.59 Å². The molecule has 1 atom stereocenters. The lowest BCUT2D eigenvalue weighted by Crippen LogP contribution is -2.45. The van der Waals surface area contributed by atoms with Crippen LogP contribution >= 0.6 is 0 Å². The van der Waals surface area contributed by atoms with Crippen LogP contribution in [0, 0.1) is 6.92 Å². The van der Waals surface area contributed by atoms with Crippen LogP contribution in [0.25, 0.3) is 0 Å². The van der Waals surface area contributed by atoms with Gasteiger partial charge < -0.3 is 20.1 Å². The number of carbonyl (C=O) groups excluding carboxylic acids is 2. The van der Waals surface area contributed by atoms with Crippen LogP contribution in [0.15, 0.2) is 90.1 Å².